The molecule has 3 rings (SSSR count). The van der Waals surface area contributed by atoms with E-state index in [4.69, 9.17) is 0 Å². The number of nitrogens with one attached hydrogen (secondary N) is 1. The number of carbonyl (C=O) groups is 1. The fraction of sp³-hybridized carbons (Fsp3) is 0.476. The maximum atomic E-state index is 12.7. The number of nitrogens with zero attached hydrogens (tertiary/aromatic N) is 3. The summed E-state index contributed by atoms with van der Waals surface area (Å²) in [6.45, 7) is 10.1. The lowest BCUT2D eigenvalue weighted by Gasteiger charge is -2.32. The Morgan fingerprint density at radius 1 is 1.19 bits per heavy atom. The number of benzene rings is 1. The van der Waals surface area contributed by atoms with Gasteiger partial charge in [-0.15, -0.1) is 0 Å². The smallest absolute Gasteiger partial charge is 0.229 e. The van der Waals surface area contributed by atoms with Gasteiger partial charge < -0.3 is 10.2 Å². The monoisotopic (exact) mass is 352 g/mol. The quantitative estimate of drug-likeness (QED) is 0.909. The lowest BCUT2D eigenvalue weighted by atomic mass is 9.87. The summed E-state index contributed by atoms with van der Waals surface area (Å²) >= 11 is 0. The van der Waals surface area contributed by atoms with Crippen LogP contribution < -0.4 is 10.2 Å². The minimum absolute atomic E-state index is 0.0462. The number of rotatable bonds is 3. The highest BCUT2D eigenvalue weighted by Crippen LogP contribution is 2.25. The summed E-state index contributed by atoms with van der Waals surface area (Å²) in [6, 6.07) is 10.0. The molecule has 5 heteroatoms. The summed E-state index contributed by atoms with van der Waals surface area (Å²) in [5.74, 6) is 0.748. The zero-order chi connectivity index (χ0) is 18.7. The van der Waals surface area contributed by atoms with Crippen LogP contribution in [0.4, 0.5) is 11.6 Å². The van der Waals surface area contributed by atoms with Crippen LogP contribution in [0, 0.1) is 12.8 Å². The highest BCUT2D eigenvalue weighted by Gasteiger charge is 2.27. The highest BCUT2D eigenvalue weighted by atomic mass is 16.1. The van der Waals surface area contributed by atoms with Crippen LogP contribution in [0.5, 0.6) is 0 Å². The molecule has 0 spiro atoms. The van der Waals surface area contributed by atoms with Crippen molar-refractivity contribution in [2.24, 2.45) is 5.92 Å². The summed E-state index contributed by atoms with van der Waals surface area (Å²) in [5, 5.41) is 3.07. The van der Waals surface area contributed by atoms with E-state index in [9.17, 15) is 4.79 Å². The number of hydrogen-bond acceptors (Lipinski definition) is 4. The van der Waals surface area contributed by atoms with Gasteiger partial charge in [0.2, 0.25) is 11.9 Å². The molecule has 1 aromatic carbocycles. The van der Waals surface area contributed by atoms with Crippen molar-refractivity contribution in [3.8, 4) is 0 Å². The third-order valence-electron chi connectivity index (χ3n) is 4.88. The van der Waals surface area contributed by atoms with E-state index in [-0.39, 0.29) is 17.2 Å². The van der Waals surface area contributed by atoms with E-state index in [0.29, 0.717) is 6.54 Å². The molecule has 0 aliphatic carbocycles. The molecule has 1 saturated heterocycles. The molecule has 1 atom stereocenters. The van der Waals surface area contributed by atoms with Gasteiger partial charge in [-0.1, -0.05) is 32.9 Å². The Morgan fingerprint density at radius 2 is 1.92 bits per heavy atom. The Kier molecular flexibility index (Phi) is 5.25. The van der Waals surface area contributed by atoms with E-state index >= 15 is 0 Å². The number of anilines is 2. The maximum Gasteiger partial charge on any atom is 0.229 e. The molecule has 26 heavy (non-hydrogen) atoms. The van der Waals surface area contributed by atoms with Crippen molar-refractivity contribution in [3.63, 3.8) is 0 Å². The Balaban J connectivity index is 1.64. The lowest BCUT2D eigenvalue weighted by Crippen LogP contribution is -2.41. The van der Waals surface area contributed by atoms with Crippen LogP contribution in [0.25, 0.3) is 0 Å². The molecule has 5 nitrogen and oxygen atoms in total. The van der Waals surface area contributed by atoms with Crippen molar-refractivity contribution in [1.29, 1.82) is 0 Å². The molecule has 1 amide bonds. The van der Waals surface area contributed by atoms with E-state index in [1.807, 2.05) is 25.1 Å². The Labute approximate surface area is 155 Å². The Morgan fingerprint density at radius 3 is 2.58 bits per heavy atom. The number of aromatic nitrogens is 2. The van der Waals surface area contributed by atoms with Gasteiger partial charge in [0.1, 0.15) is 0 Å². The van der Waals surface area contributed by atoms with Gasteiger partial charge in [-0.2, -0.15) is 0 Å². The van der Waals surface area contributed by atoms with E-state index < -0.39 is 0 Å². The van der Waals surface area contributed by atoms with Gasteiger partial charge >= 0.3 is 0 Å². The third kappa shape index (κ3) is 4.40. The predicted molar refractivity (Wildman–Crippen MR) is 105 cm³/mol. The lowest BCUT2D eigenvalue weighted by molar-refractivity contribution is -0.120. The van der Waals surface area contributed by atoms with Crippen molar-refractivity contribution >= 4 is 17.5 Å². The molecule has 0 radical (unpaired) electrons. The fourth-order valence-electron chi connectivity index (χ4n) is 3.26. The van der Waals surface area contributed by atoms with Gasteiger partial charge in [0.15, 0.2) is 0 Å². The molecule has 0 bridgehead atoms. The van der Waals surface area contributed by atoms with E-state index in [0.717, 1.165) is 36.7 Å². The molecule has 2 aromatic rings. The SMILES string of the molecule is Cc1ccnc(N2CCCC(C(=O)Nc3ccc(C(C)(C)C)cc3)C2)n1. The van der Waals surface area contributed by atoms with Crippen molar-refractivity contribution in [2.45, 2.75) is 46.0 Å². The number of aryl methyl sites for hydroxylation is 1. The van der Waals surface area contributed by atoms with Crippen LogP contribution in [0.1, 0.15) is 44.9 Å². The van der Waals surface area contributed by atoms with Gasteiger partial charge in [0.25, 0.3) is 0 Å². The van der Waals surface area contributed by atoms with E-state index in [1.54, 1.807) is 6.20 Å². The third-order valence-corrected chi connectivity index (χ3v) is 4.88. The summed E-state index contributed by atoms with van der Waals surface area (Å²) in [4.78, 5) is 23.7. The second-order valence-corrected chi connectivity index (χ2v) is 8.10. The van der Waals surface area contributed by atoms with Crippen LogP contribution in [-0.4, -0.2) is 29.0 Å². The fourth-order valence-corrected chi connectivity index (χ4v) is 3.26. The first-order valence-corrected chi connectivity index (χ1v) is 9.29. The molecular weight excluding hydrogens is 324 g/mol. The summed E-state index contributed by atoms with van der Waals surface area (Å²) in [5.41, 5.74) is 3.17. The average molecular weight is 352 g/mol. The number of amides is 1. The van der Waals surface area contributed by atoms with Crippen LogP contribution in [0.15, 0.2) is 36.5 Å². The van der Waals surface area contributed by atoms with Crippen LogP contribution in [0.2, 0.25) is 0 Å². The summed E-state index contributed by atoms with van der Waals surface area (Å²) in [7, 11) is 0. The maximum absolute atomic E-state index is 12.7. The van der Waals surface area contributed by atoms with E-state index in [1.165, 1.54) is 5.56 Å². The van der Waals surface area contributed by atoms with Crippen molar-refractivity contribution in [2.75, 3.05) is 23.3 Å². The Bertz CT molecular complexity index is 764. The van der Waals surface area contributed by atoms with E-state index in [2.05, 4.69) is 53.1 Å². The number of hydrogen-bond donors (Lipinski definition) is 1. The second kappa shape index (κ2) is 7.44. The highest BCUT2D eigenvalue weighted by molar-refractivity contribution is 5.93. The average Bonchev–Trinajstić information content (AvgIpc) is 2.61. The van der Waals surface area contributed by atoms with Crippen LogP contribution in [0.3, 0.4) is 0 Å². The van der Waals surface area contributed by atoms with Gasteiger partial charge in [-0.3, -0.25) is 4.79 Å². The normalized spacial score (nSPS) is 17.8. The first kappa shape index (κ1) is 18.4. The van der Waals surface area contributed by atoms with Gasteiger partial charge in [-0.05, 0) is 48.9 Å². The topological polar surface area (TPSA) is 58.1 Å². The number of piperidine rings is 1. The summed E-state index contributed by atoms with van der Waals surface area (Å²) in [6.07, 6.45) is 3.64. The summed E-state index contributed by atoms with van der Waals surface area (Å²) < 4.78 is 0. The molecule has 1 aliphatic rings. The molecule has 1 unspecified atom stereocenters. The van der Waals surface area contributed by atoms with Gasteiger partial charge in [0.05, 0.1) is 5.92 Å². The second-order valence-electron chi connectivity index (χ2n) is 8.10. The van der Waals surface area contributed by atoms with Gasteiger partial charge in [-0.25, -0.2) is 9.97 Å². The molecule has 1 N–H and O–H groups in total. The van der Waals surface area contributed by atoms with Crippen molar-refractivity contribution < 1.29 is 4.79 Å². The molecule has 2 heterocycles. The molecule has 0 saturated carbocycles. The minimum atomic E-state index is -0.0462. The molecule has 1 aromatic heterocycles. The van der Waals surface area contributed by atoms with Crippen LogP contribution >= 0.6 is 0 Å². The van der Waals surface area contributed by atoms with Crippen molar-refractivity contribution in [3.05, 3.63) is 47.8 Å². The van der Waals surface area contributed by atoms with Gasteiger partial charge in [0, 0.05) is 30.7 Å². The minimum Gasteiger partial charge on any atom is -0.340 e. The standard InChI is InChI=1S/C21H28N4O/c1-15-11-12-22-20(23-15)25-13-5-6-16(14-25)19(26)24-18-9-7-17(8-10-18)21(2,3)4/h7-12,16H,5-6,13-14H2,1-4H3,(H,24,26). The molecular formula is C21H28N4O. The predicted octanol–water partition coefficient (Wildman–Crippen LogP) is 3.94. The first-order valence-electron chi connectivity index (χ1n) is 9.29. The zero-order valence-corrected chi connectivity index (χ0v) is 16.1. The largest absolute Gasteiger partial charge is 0.340 e. The van der Waals surface area contributed by atoms with Crippen LogP contribution in [-0.2, 0) is 10.2 Å². The first-order chi connectivity index (χ1) is 12.3. The van der Waals surface area contributed by atoms with Crippen molar-refractivity contribution in [1.82, 2.24) is 9.97 Å². The molecule has 1 aliphatic heterocycles. The molecule has 138 valence electrons. The zero-order valence-electron chi connectivity index (χ0n) is 16.1. The molecule has 1 fully saturated rings. The Hall–Kier alpha value is -2.43. The number of carbonyl (C=O) groups excluding carboxylic acids is 1.